The number of carbonyl (C=O) groups excluding carboxylic acids is 1. The molecule has 25 heavy (non-hydrogen) atoms. The monoisotopic (exact) mass is 345 g/mol. The van der Waals surface area contributed by atoms with Gasteiger partial charge in [0.25, 0.3) is 0 Å². The highest BCUT2D eigenvalue weighted by atomic mass is 32.1. The lowest BCUT2D eigenvalue weighted by atomic mass is 10.1. The van der Waals surface area contributed by atoms with Crippen LogP contribution in [0, 0.1) is 18.3 Å². The zero-order valence-electron chi connectivity index (χ0n) is 13.6. The molecule has 0 radical (unpaired) electrons. The average Bonchev–Trinajstić information content (AvgIpc) is 3.09. The first kappa shape index (κ1) is 16.6. The number of hydrogen-bond donors (Lipinski definition) is 1. The Morgan fingerprint density at radius 3 is 2.56 bits per heavy atom. The number of rotatable bonds is 4. The molecule has 3 rings (SSSR count). The van der Waals surface area contributed by atoms with Crippen LogP contribution in [0.3, 0.4) is 0 Å². The SMILES string of the molecule is Cc1ccc(-c2csc(NC(=O)/C=C/c3ccc(C#N)cc3)n2)cc1. The number of thiazole rings is 1. The largest absolute Gasteiger partial charge is 0.298 e. The molecular weight excluding hydrogens is 330 g/mol. The third-order valence-corrected chi connectivity index (χ3v) is 4.31. The second-order valence-corrected chi connectivity index (χ2v) is 6.32. The molecule has 1 amide bonds. The Morgan fingerprint density at radius 2 is 1.88 bits per heavy atom. The fraction of sp³-hybridized carbons (Fsp3) is 0.0500. The summed E-state index contributed by atoms with van der Waals surface area (Å²) in [4.78, 5) is 16.5. The molecule has 122 valence electrons. The van der Waals surface area contributed by atoms with Crippen LogP contribution in [0.2, 0.25) is 0 Å². The van der Waals surface area contributed by atoms with Gasteiger partial charge in [-0.2, -0.15) is 5.26 Å². The maximum Gasteiger partial charge on any atom is 0.250 e. The van der Waals surface area contributed by atoms with E-state index in [2.05, 4.69) is 16.4 Å². The molecule has 0 fully saturated rings. The van der Waals surface area contributed by atoms with Crippen molar-refractivity contribution in [2.75, 3.05) is 5.32 Å². The first-order chi connectivity index (χ1) is 12.1. The predicted molar refractivity (Wildman–Crippen MR) is 101 cm³/mol. The van der Waals surface area contributed by atoms with Crippen LogP contribution in [-0.2, 0) is 4.79 Å². The number of benzene rings is 2. The Morgan fingerprint density at radius 1 is 1.16 bits per heavy atom. The predicted octanol–water partition coefficient (Wildman–Crippen LogP) is 4.64. The Balaban J connectivity index is 1.64. The van der Waals surface area contributed by atoms with Gasteiger partial charge in [0.15, 0.2) is 5.13 Å². The van der Waals surface area contributed by atoms with E-state index >= 15 is 0 Å². The van der Waals surface area contributed by atoms with Crippen LogP contribution in [0.15, 0.2) is 60.0 Å². The summed E-state index contributed by atoms with van der Waals surface area (Å²) in [6.07, 6.45) is 3.15. The highest BCUT2D eigenvalue weighted by molar-refractivity contribution is 7.14. The molecule has 1 aromatic heterocycles. The number of nitriles is 1. The van der Waals surface area contributed by atoms with E-state index in [9.17, 15) is 4.79 Å². The zero-order valence-corrected chi connectivity index (χ0v) is 14.4. The molecule has 0 aliphatic rings. The molecule has 0 saturated heterocycles. The molecule has 2 aromatic carbocycles. The van der Waals surface area contributed by atoms with Crippen LogP contribution in [0.25, 0.3) is 17.3 Å². The van der Waals surface area contributed by atoms with E-state index in [4.69, 9.17) is 5.26 Å². The third kappa shape index (κ3) is 4.40. The number of nitrogens with zero attached hydrogens (tertiary/aromatic N) is 2. The smallest absolute Gasteiger partial charge is 0.250 e. The van der Waals surface area contributed by atoms with Crippen molar-refractivity contribution in [3.05, 3.63) is 76.7 Å². The molecule has 3 aromatic rings. The summed E-state index contributed by atoms with van der Waals surface area (Å²) >= 11 is 1.39. The normalized spacial score (nSPS) is 10.6. The van der Waals surface area contributed by atoms with Crippen molar-refractivity contribution in [1.29, 1.82) is 5.26 Å². The minimum Gasteiger partial charge on any atom is -0.298 e. The first-order valence-electron chi connectivity index (χ1n) is 7.66. The first-order valence-corrected chi connectivity index (χ1v) is 8.54. The Kier molecular flexibility index (Phi) is 5.03. The minimum absolute atomic E-state index is 0.242. The van der Waals surface area contributed by atoms with Crippen LogP contribution in [0.5, 0.6) is 0 Å². The van der Waals surface area contributed by atoms with Crippen LogP contribution in [-0.4, -0.2) is 10.9 Å². The lowest BCUT2D eigenvalue weighted by Gasteiger charge is -1.98. The van der Waals surface area contributed by atoms with Gasteiger partial charge >= 0.3 is 0 Å². The van der Waals surface area contributed by atoms with E-state index in [0.29, 0.717) is 10.7 Å². The zero-order chi connectivity index (χ0) is 17.6. The van der Waals surface area contributed by atoms with Gasteiger partial charge in [0.2, 0.25) is 5.91 Å². The molecule has 4 nitrogen and oxygen atoms in total. The van der Waals surface area contributed by atoms with Crippen molar-refractivity contribution >= 4 is 28.5 Å². The van der Waals surface area contributed by atoms with E-state index in [1.807, 2.05) is 36.6 Å². The quantitative estimate of drug-likeness (QED) is 0.700. The molecular formula is C20H15N3OS. The summed E-state index contributed by atoms with van der Waals surface area (Å²) < 4.78 is 0. The lowest BCUT2D eigenvalue weighted by Crippen LogP contribution is -2.07. The Bertz CT molecular complexity index is 948. The third-order valence-electron chi connectivity index (χ3n) is 3.55. The van der Waals surface area contributed by atoms with Gasteiger partial charge in [-0.25, -0.2) is 4.98 Å². The van der Waals surface area contributed by atoms with Gasteiger partial charge in [-0.3, -0.25) is 10.1 Å². The number of carbonyl (C=O) groups is 1. The van der Waals surface area contributed by atoms with E-state index < -0.39 is 0 Å². The van der Waals surface area contributed by atoms with Crippen molar-refractivity contribution in [2.24, 2.45) is 0 Å². The van der Waals surface area contributed by atoms with Crippen molar-refractivity contribution in [3.8, 4) is 17.3 Å². The molecule has 1 N–H and O–H groups in total. The molecule has 0 unspecified atom stereocenters. The highest BCUT2D eigenvalue weighted by Crippen LogP contribution is 2.25. The summed E-state index contributed by atoms with van der Waals surface area (Å²) in [5, 5.41) is 14.0. The summed E-state index contributed by atoms with van der Waals surface area (Å²) in [5.74, 6) is -0.242. The molecule has 5 heteroatoms. The average molecular weight is 345 g/mol. The Labute approximate surface area is 150 Å². The molecule has 0 aliphatic carbocycles. The number of hydrogen-bond acceptors (Lipinski definition) is 4. The topological polar surface area (TPSA) is 65.8 Å². The van der Waals surface area contributed by atoms with E-state index in [1.165, 1.54) is 23.0 Å². The molecule has 0 bridgehead atoms. The number of anilines is 1. The molecule has 0 atom stereocenters. The second-order valence-electron chi connectivity index (χ2n) is 5.46. The van der Waals surface area contributed by atoms with Crippen LogP contribution in [0.1, 0.15) is 16.7 Å². The standard InChI is InChI=1S/C20H15N3OS/c1-14-2-9-17(10-3-14)18-13-25-20(22-18)23-19(24)11-8-15-4-6-16(12-21)7-5-15/h2-11,13H,1H3,(H,22,23,24)/b11-8+. The molecule has 0 aliphatic heterocycles. The van der Waals surface area contributed by atoms with Gasteiger partial charge in [0, 0.05) is 17.0 Å². The fourth-order valence-corrected chi connectivity index (χ4v) is 2.90. The van der Waals surface area contributed by atoms with E-state index in [1.54, 1.807) is 30.3 Å². The van der Waals surface area contributed by atoms with E-state index in [-0.39, 0.29) is 5.91 Å². The van der Waals surface area contributed by atoms with Gasteiger partial charge in [-0.05, 0) is 30.7 Å². The van der Waals surface area contributed by atoms with Gasteiger partial charge in [0.05, 0.1) is 17.3 Å². The summed E-state index contributed by atoms with van der Waals surface area (Å²) in [6.45, 7) is 2.04. The number of aromatic nitrogens is 1. The maximum atomic E-state index is 12.0. The van der Waals surface area contributed by atoms with Crippen molar-refractivity contribution in [3.63, 3.8) is 0 Å². The minimum atomic E-state index is -0.242. The summed E-state index contributed by atoms with van der Waals surface area (Å²) in [6, 6.07) is 17.2. The lowest BCUT2D eigenvalue weighted by molar-refractivity contribution is -0.111. The van der Waals surface area contributed by atoms with Gasteiger partial charge < -0.3 is 0 Å². The molecule has 0 saturated carbocycles. The van der Waals surface area contributed by atoms with Gasteiger partial charge in [-0.1, -0.05) is 42.0 Å². The molecule has 1 heterocycles. The van der Waals surface area contributed by atoms with Crippen LogP contribution < -0.4 is 5.32 Å². The maximum absolute atomic E-state index is 12.0. The second kappa shape index (κ2) is 7.56. The van der Waals surface area contributed by atoms with Crippen molar-refractivity contribution in [2.45, 2.75) is 6.92 Å². The highest BCUT2D eigenvalue weighted by Gasteiger charge is 2.06. The fourth-order valence-electron chi connectivity index (χ4n) is 2.18. The Hall–Kier alpha value is -3.23. The van der Waals surface area contributed by atoms with Crippen LogP contribution in [0.4, 0.5) is 5.13 Å². The molecule has 0 spiro atoms. The van der Waals surface area contributed by atoms with E-state index in [0.717, 1.165) is 16.8 Å². The van der Waals surface area contributed by atoms with Crippen LogP contribution >= 0.6 is 11.3 Å². The van der Waals surface area contributed by atoms with Gasteiger partial charge in [0.1, 0.15) is 0 Å². The van der Waals surface area contributed by atoms with Crippen molar-refractivity contribution < 1.29 is 4.79 Å². The summed E-state index contributed by atoms with van der Waals surface area (Å²) in [7, 11) is 0. The van der Waals surface area contributed by atoms with Crippen molar-refractivity contribution in [1.82, 2.24) is 4.98 Å². The number of amides is 1. The summed E-state index contributed by atoms with van der Waals surface area (Å²) in [5.41, 5.74) is 4.51. The van der Waals surface area contributed by atoms with Gasteiger partial charge in [-0.15, -0.1) is 11.3 Å². The number of nitrogens with one attached hydrogen (secondary N) is 1. The number of aryl methyl sites for hydroxylation is 1.